The maximum absolute atomic E-state index is 11.4. The standard InChI is InChI=1S/C12H15N3O5S/c1-21(19,20)14-6-4-13(5-7-14)11-3-2-10(9-16)8-12(11)15(17)18/h2-3,8-9H,4-7H2,1H3. The number of carbonyl (C=O) groups excluding carboxylic acids is 1. The fourth-order valence-corrected chi connectivity index (χ4v) is 3.11. The fraction of sp³-hybridized carbons (Fsp3) is 0.417. The predicted molar refractivity (Wildman–Crippen MR) is 77.1 cm³/mol. The van der Waals surface area contributed by atoms with Crippen LogP contribution < -0.4 is 4.90 Å². The predicted octanol–water partition coefficient (Wildman–Crippen LogP) is 0.489. The summed E-state index contributed by atoms with van der Waals surface area (Å²) < 4.78 is 24.2. The third-order valence-corrected chi connectivity index (χ3v) is 4.68. The Morgan fingerprint density at radius 3 is 2.33 bits per heavy atom. The molecule has 1 aromatic carbocycles. The van der Waals surface area contributed by atoms with Gasteiger partial charge in [0, 0.05) is 37.8 Å². The third-order valence-electron chi connectivity index (χ3n) is 3.38. The van der Waals surface area contributed by atoms with Gasteiger partial charge in [0.15, 0.2) is 0 Å². The van der Waals surface area contributed by atoms with Gasteiger partial charge in [-0.05, 0) is 12.1 Å². The number of carbonyl (C=O) groups is 1. The second kappa shape index (κ2) is 5.78. The molecule has 0 atom stereocenters. The van der Waals surface area contributed by atoms with Crippen molar-refractivity contribution in [2.75, 3.05) is 37.3 Å². The van der Waals surface area contributed by atoms with Gasteiger partial charge in [0.05, 0.1) is 11.2 Å². The van der Waals surface area contributed by atoms with Crippen molar-refractivity contribution in [2.24, 2.45) is 0 Å². The first-order chi connectivity index (χ1) is 9.82. The number of piperazine rings is 1. The molecule has 8 nitrogen and oxygen atoms in total. The lowest BCUT2D eigenvalue weighted by Crippen LogP contribution is -2.48. The van der Waals surface area contributed by atoms with Gasteiger partial charge in [0.25, 0.3) is 5.69 Å². The molecule has 9 heteroatoms. The van der Waals surface area contributed by atoms with Crippen LogP contribution in [-0.4, -0.2) is 56.4 Å². The first-order valence-corrected chi connectivity index (χ1v) is 8.11. The van der Waals surface area contributed by atoms with Crippen LogP contribution in [0.4, 0.5) is 11.4 Å². The van der Waals surface area contributed by atoms with Crippen LogP contribution in [0.25, 0.3) is 0 Å². The van der Waals surface area contributed by atoms with Gasteiger partial charge >= 0.3 is 0 Å². The molecule has 1 fully saturated rings. The van der Waals surface area contributed by atoms with Gasteiger partial charge in [0.1, 0.15) is 12.0 Å². The maximum atomic E-state index is 11.4. The zero-order chi connectivity index (χ0) is 15.6. The van der Waals surface area contributed by atoms with Crippen LogP contribution in [0.1, 0.15) is 10.4 Å². The molecule has 114 valence electrons. The summed E-state index contributed by atoms with van der Waals surface area (Å²) in [5.41, 5.74) is 0.492. The lowest BCUT2D eigenvalue weighted by molar-refractivity contribution is -0.384. The van der Waals surface area contributed by atoms with E-state index in [-0.39, 0.29) is 24.3 Å². The van der Waals surface area contributed by atoms with Crippen molar-refractivity contribution in [3.8, 4) is 0 Å². The summed E-state index contributed by atoms with van der Waals surface area (Å²) in [5, 5.41) is 11.1. The summed E-state index contributed by atoms with van der Waals surface area (Å²) in [6, 6.07) is 4.27. The Morgan fingerprint density at radius 2 is 1.86 bits per heavy atom. The van der Waals surface area contributed by atoms with E-state index in [1.807, 2.05) is 0 Å². The van der Waals surface area contributed by atoms with E-state index in [0.717, 1.165) is 6.26 Å². The molecule has 1 aliphatic rings. The summed E-state index contributed by atoms with van der Waals surface area (Å²) in [7, 11) is -3.24. The molecular formula is C12H15N3O5S. The number of aldehydes is 1. The molecule has 0 spiro atoms. The number of nitrogens with zero attached hydrogens (tertiary/aromatic N) is 3. The Bertz CT molecular complexity index is 665. The van der Waals surface area contributed by atoms with Crippen molar-refractivity contribution >= 4 is 27.7 Å². The second-order valence-corrected chi connectivity index (χ2v) is 6.75. The van der Waals surface area contributed by atoms with Gasteiger partial charge in [-0.2, -0.15) is 4.31 Å². The van der Waals surface area contributed by atoms with Crippen LogP contribution in [0, 0.1) is 10.1 Å². The fourth-order valence-electron chi connectivity index (χ4n) is 2.29. The first kappa shape index (κ1) is 15.4. The number of hydrogen-bond donors (Lipinski definition) is 0. The van der Waals surface area contributed by atoms with Crippen LogP contribution in [0.2, 0.25) is 0 Å². The Labute approximate surface area is 122 Å². The molecule has 2 rings (SSSR count). The van der Waals surface area contributed by atoms with Crippen LogP contribution in [0.5, 0.6) is 0 Å². The zero-order valence-corrected chi connectivity index (χ0v) is 12.2. The molecule has 1 saturated heterocycles. The Morgan fingerprint density at radius 1 is 1.24 bits per heavy atom. The highest BCUT2D eigenvalue weighted by molar-refractivity contribution is 7.88. The average Bonchev–Trinajstić information content (AvgIpc) is 2.45. The average molecular weight is 313 g/mol. The van der Waals surface area contributed by atoms with Crippen molar-refractivity contribution < 1.29 is 18.1 Å². The molecule has 0 radical (unpaired) electrons. The van der Waals surface area contributed by atoms with Crippen molar-refractivity contribution in [3.63, 3.8) is 0 Å². The van der Waals surface area contributed by atoms with E-state index in [9.17, 15) is 23.3 Å². The second-order valence-electron chi connectivity index (χ2n) is 4.77. The molecule has 0 unspecified atom stereocenters. The van der Waals surface area contributed by atoms with Crippen LogP contribution in [-0.2, 0) is 10.0 Å². The van der Waals surface area contributed by atoms with Crippen molar-refractivity contribution in [1.29, 1.82) is 0 Å². The summed E-state index contributed by atoms with van der Waals surface area (Å²) in [5.74, 6) is 0. The highest BCUT2D eigenvalue weighted by Gasteiger charge is 2.27. The normalized spacial score (nSPS) is 16.7. The van der Waals surface area contributed by atoms with Gasteiger partial charge in [-0.25, -0.2) is 8.42 Å². The molecule has 1 aromatic rings. The number of benzene rings is 1. The van der Waals surface area contributed by atoms with E-state index in [2.05, 4.69) is 0 Å². The smallest absolute Gasteiger partial charge is 0.293 e. The SMILES string of the molecule is CS(=O)(=O)N1CCN(c2ccc(C=O)cc2[N+](=O)[O-])CC1. The topological polar surface area (TPSA) is 101 Å². The highest BCUT2D eigenvalue weighted by Crippen LogP contribution is 2.29. The molecule has 0 aliphatic carbocycles. The number of nitro groups is 1. The van der Waals surface area contributed by atoms with E-state index in [0.29, 0.717) is 25.1 Å². The molecule has 0 aromatic heterocycles. The van der Waals surface area contributed by atoms with E-state index >= 15 is 0 Å². The summed E-state index contributed by atoms with van der Waals surface area (Å²) in [6.07, 6.45) is 1.70. The van der Waals surface area contributed by atoms with E-state index < -0.39 is 14.9 Å². The quantitative estimate of drug-likeness (QED) is 0.455. The van der Waals surface area contributed by atoms with Crippen molar-refractivity contribution in [2.45, 2.75) is 0 Å². The van der Waals surface area contributed by atoms with Gasteiger partial charge < -0.3 is 4.90 Å². The number of rotatable bonds is 4. The third kappa shape index (κ3) is 3.37. The summed E-state index contributed by atoms with van der Waals surface area (Å²) in [4.78, 5) is 23.0. The molecule has 1 aliphatic heterocycles. The highest BCUT2D eigenvalue weighted by atomic mass is 32.2. The van der Waals surface area contributed by atoms with Crippen LogP contribution in [0.3, 0.4) is 0 Å². The Balaban J connectivity index is 2.24. The largest absolute Gasteiger partial charge is 0.363 e. The minimum atomic E-state index is -3.24. The number of sulfonamides is 1. The van der Waals surface area contributed by atoms with E-state index in [1.54, 1.807) is 4.90 Å². The number of hydrogen-bond acceptors (Lipinski definition) is 6. The van der Waals surface area contributed by atoms with Gasteiger partial charge in [-0.15, -0.1) is 0 Å². The minimum absolute atomic E-state index is 0.146. The molecular weight excluding hydrogens is 298 g/mol. The van der Waals surface area contributed by atoms with Gasteiger partial charge in [-0.3, -0.25) is 14.9 Å². The number of anilines is 1. The van der Waals surface area contributed by atoms with E-state index in [4.69, 9.17) is 0 Å². The molecule has 0 amide bonds. The van der Waals surface area contributed by atoms with Crippen molar-refractivity contribution in [1.82, 2.24) is 4.31 Å². The molecule has 0 bridgehead atoms. The molecule has 21 heavy (non-hydrogen) atoms. The van der Waals surface area contributed by atoms with Gasteiger partial charge in [0.2, 0.25) is 10.0 Å². The van der Waals surface area contributed by atoms with Crippen LogP contribution in [0.15, 0.2) is 18.2 Å². The molecule has 0 saturated carbocycles. The lowest BCUT2D eigenvalue weighted by atomic mass is 10.1. The summed E-state index contributed by atoms with van der Waals surface area (Å²) >= 11 is 0. The molecule has 1 heterocycles. The Kier molecular flexibility index (Phi) is 4.24. The first-order valence-electron chi connectivity index (χ1n) is 6.26. The van der Waals surface area contributed by atoms with Crippen LogP contribution >= 0.6 is 0 Å². The zero-order valence-electron chi connectivity index (χ0n) is 11.4. The van der Waals surface area contributed by atoms with Crippen molar-refractivity contribution in [3.05, 3.63) is 33.9 Å². The van der Waals surface area contributed by atoms with Gasteiger partial charge in [-0.1, -0.05) is 0 Å². The minimum Gasteiger partial charge on any atom is -0.363 e. The lowest BCUT2D eigenvalue weighted by Gasteiger charge is -2.34. The van der Waals surface area contributed by atoms with E-state index in [1.165, 1.54) is 22.5 Å². The maximum Gasteiger partial charge on any atom is 0.293 e. The molecule has 0 N–H and O–H groups in total. The summed E-state index contributed by atoms with van der Waals surface area (Å²) in [6.45, 7) is 1.31. The number of nitro benzene ring substituents is 1. The Hall–Kier alpha value is -2.00. The monoisotopic (exact) mass is 313 g/mol.